The summed E-state index contributed by atoms with van der Waals surface area (Å²) in [5, 5.41) is 14.5. The van der Waals surface area contributed by atoms with E-state index in [1.165, 1.54) is 0 Å². The second-order valence-electron chi connectivity index (χ2n) is 7.25. The molecule has 3 aromatic heterocycles. The third kappa shape index (κ3) is 3.26. The van der Waals surface area contributed by atoms with E-state index in [0.29, 0.717) is 23.6 Å². The molecule has 30 heavy (non-hydrogen) atoms. The van der Waals surface area contributed by atoms with Crippen molar-refractivity contribution < 1.29 is 5.11 Å². The number of benzene rings is 2. The van der Waals surface area contributed by atoms with Crippen LogP contribution in [0, 0.1) is 0 Å². The molecule has 0 amide bonds. The Morgan fingerprint density at radius 3 is 2.73 bits per heavy atom. The second kappa shape index (κ2) is 7.04. The van der Waals surface area contributed by atoms with E-state index in [4.69, 9.17) is 0 Å². The first-order chi connectivity index (χ1) is 14.6. The fraction of sp³-hybridized carbons (Fsp3) is 0.0870. The van der Waals surface area contributed by atoms with Crippen molar-refractivity contribution in [1.82, 2.24) is 19.5 Å². The number of aromatic amines is 1. The molecule has 0 unspecified atom stereocenters. The SMILES string of the molecule is Cn1c(=O)c(Cc2ccc(O)cc2)cc2cnc(Nc3ccc4[nH]ccc4c3)nc21. The summed E-state index contributed by atoms with van der Waals surface area (Å²) in [5.41, 5.74) is 3.99. The van der Waals surface area contributed by atoms with E-state index in [0.717, 1.165) is 27.5 Å². The molecule has 3 N–H and O–H groups in total. The van der Waals surface area contributed by atoms with Crippen LogP contribution in [0.2, 0.25) is 0 Å². The molecule has 0 bridgehead atoms. The highest BCUT2D eigenvalue weighted by Gasteiger charge is 2.11. The van der Waals surface area contributed by atoms with E-state index in [-0.39, 0.29) is 11.3 Å². The number of nitrogens with one attached hydrogen (secondary N) is 2. The molecule has 2 aromatic carbocycles. The zero-order chi connectivity index (χ0) is 20.7. The van der Waals surface area contributed by atoms with E-state index < -0.39 is 0 Å². The number of aromatic nitrogens is 4. The molecule has 0 aliphatic heterocycles. The lowest BCUT2D eigenvalue weighted by Gasteiger charge is -2.10. The van der Waals surface area contributed by atoms with Gasteiger partial charge >= 0.3 is 0 Å². The fourth-order valence-corrected chi connectivity index (χ4v) is 3.59. The van der Waals surface area contributed by atoms with Crippen LogP contribution in [0.15, 0.2) is 71.8 Å². The number of aromatic hydroxyl groups is 1. The van der Waals surface area contributed by atoms with Crippen LogP contribution in [0.25, 0.3) is 21.9 Å². The summed E-state index contributed by atoms with van der Waals surface area (Å²) in [6.45, 7) is 0. The van der Waals surface area contributed by atoms with E-state index in [1.807, 2.05) is 48.7 Å². The van der Waals surface area contributed by atoms with Crippen molar-refractivity contribution in [2.24, 2.45) is 7.05 Å². The van der Waals surface area contributed by atoms with Gasteiger partial charge in [-0.05, 0) is 48.0 Å². The molecule has 0 spiro atoms. The molecular weight excluding hydrogens is 378 g/mol. The van der Waals surface area contributed by atoms with Crippen molar-refractivity contribution in [3.05, 3.63) is 88.5 Å². The Kier molecular flexibility index (Phi) is 4.21. The van der Waals surface area contributed by atoms with E-state index >= 15 is 0 Å². The molecule has 7 heteroatoms. The fourth-order valence-electron chi connectivity index (χ4n) is 3.59. The molecule has 0 radical (unpaired) electrons. The minimum atomic E-state index is -0.103. The monoisotopic (exact) mass is 397 g/mol. The molecule has 5 rings (SSSR count). The van der Waals surface area contributed by atoms with Crippen LogP contribution in [-0.4, -0.2) is 24.6 Å². The average molecular weight is 397 g/mol. The number of nitrogens with zero attached hydrogens (tertiary/aromatic N) is 3. The predicted octanol–water partition coefficient (Wildman–Crippen LogP) is 3.85. The lowest BCUT2D eigenvalue weighted by Crippen LogP contribution is -2.22. The Labute approximate surface area is 171 Å². The number of anilines is 2. The summed E-state index contributed by atoms with van der Waals surface area (Å²) in [6, 6.07) is 16.6. The van der Waals surface area contributed by atoms with Crippen LogP contribution in [0.4, 0.5) is 11.6 Å². The lowest BCUT2D eigenvalue weighted by molar-refractivity contribution is 0.475. The lowest BCUT2D eigenvalue weighted by atomic mass is 10.1. The Bertz CT molecular complexity index is 1430. The highest BCUT2D eigenvalue weighted by molar-refractivity contribution is 5.84. The highest BCUT2D eigenvalue weighted by Crippen LogP contribution is 2.21. The molecule has 148 valence electrons. The molecule has 3 heterocycles. The first kappa shape index (κ1) is 17.9. The summed E-state index contributed by atoms with van der Waals surface area (Å²) in [7, 11) is 1.72. The van der Waals surface area contributed by atoms with Gasteiger partial charge in [-0.1, -0.05) is 12.1 Å². The first-order valence-electron chi connectivity index (χ1n) is 9.54. The molecule has 0 fully saturated rings. The maximum absolute atomic E-state index is 12.9. The van der Waals surface area contributed by atoms with Crippen LogP contribution < -0.4 is 10.9 Å². The number of hydrogen-bond donors (Lipinski definition) is 3. The Morgan fingerprint density at radius 1 is 1.07 bits per heavy atom. The van der Waals surface area contributed by atoms with Crippen LogP contribution in [-0.2, 0) is 13.5 Å². The van der Waals surface area contributed by atoms with Gasteiger partial charge in [-0.3, -0.25) is 9.36 Å². The number of phenolic OH excluding ortho intramolecular Hbond substituents is 1. The van der Waals surface area contributed by atoms with Gasteiger partial charge in [-0.25, -0.2) is 4.98 Å². The highest BCUT2D eigenvalue weighted by atomic mass is 16.3. The third-order valence-electron chi connectivity index (χ3n) is 5.16. The number of phenols is 1. The molecule has 0 atom stereocenters. The van der Waals surface area contributed by atoms with Gasteiger partial charge < -0.3 is 15.4 Å². The van der Waals surface area contributed by atoms with E-state index in [9.17, 15) is 9.90 Å². The maximum atomic E-state index is 12.9. The van der Waals surface area contributed by atoms with Gasteiger partial charge in [0.2, 0.25) is 5.95 Å². The predicted molar refractivity (Wildman–Crippen MR) is 117 cm³/mol. The number of aryl methyl sites for hydroxylation is 1. The van der Waals surface area contributed by atoms with Gasteiger partial charge in [-0.15, -0.1) is 0 Å². The van der Waals surface area contributed by atoms with Crippen LogP contribution in [0.5, 0.6) is 5.75 Å². The molecule has 0 aliphatic rings. The summed E-state index contributed by atoms with van der Waals surface area (Å²) >= 11 is 0. The minimum Gasteiger partial charge on any atom is -0.508 e. The van der Waals surface area contributed by atoms with E-state index in [2.05, 4.69) is 20.3 Å². The van der Waals surface area contributed by atoms with Crippen molar-refractivity contribution >= 4 is 33.6 Å². The largest absolute Gasteiger partial charge is 0.508 e. The van der Waals surface area contributed by atoms with Crippen molar-refractivity contribution in [2.75, 3.05) is 5.32 Å². The first-order valence-corrected chi connectivity index (χ1v) is 9.54. The van der Waals surface area contributed by atoms with Crippen molar-refractivity contribution in [3.8, 4) is 5.75 Å². The van der Waals surface area contributed by atoms with Gasteiger partial charge in [0.05, 0.1) is 0 Å². The summed E-state index contributed by atoms with van der Waals surface area (Å²) in [6.07, 6.45) is 4.09. The smallest absolute Gasteiger partial charge is 0.255 e. The molecule has 0 saturated heterocycles. The normalized spacial score (nSPS) is 11.2. The quantitative estimate of drug-likeness (QED) is 0.428. The molecule has 0 aliphatic carbocycles. The number of pyridine rings is 1. The summed E-state index contributed by atoms with van der Waals surface area (Å²) < 4.78 is 1.55. The molecule has 5 aromatic rings. The average Bonchev–Trinajstić information content (AvgIpc) is 3.22. The molecular formula is C23H19N5O2. The van der Waals surface area contributed by atoms with Crippen LogP contribution in [0.3, 0.4) is 0 Å². The van der Waals surface area contributed by atoms with Gasteiger partial charge in [0, 0.05) is 53.4 Å². The Morgan fingerprint density at radius 2 is 1.90 bits per heavy atom. The van der Waals surface area contributed by atoms with Crippen LogP contribution in [0.1, 0.15) is 11.1 Å². The third-order valence-corrected chi connectivity index (χ3v) is 5.16. The zero-order valence-corrected chi connectivity index (χ0v) is 16.3. The van der Waals surface area contributed by atoms with Gasteiger partial charge in [0.25, 0.3) is 5.56 Å². The number of hydrogen-bond acceptors (Lipinski definition) is 5. The Balaban J connectivity index is 1.49. The Hall–Kier alpha value is -4.13. The number of fused-ring (bicyclic) bond motifs is 2. The van der Waals surface area contributed by atoms with Gasteiger partial charge in [-0.2, -0.15) is 4.98 Å². The van der Waals surface area contributed by atoms with E-state index in [1.54, 1.807) is 29.9 Å². The van der Waals surface area contributed by atoms with Crippen molar-refractivity contribution in [1.29, 1.82) is 0 Å². The molecule has 0 saturated carbocycles. The molecule has 7 nitrogen and oxygen atoms in total. The topological polar surface area (TPSA) is 95.8 Å². The zero-order valence-electron chi connectivity index (χ0n) is 16.3. The number of rotatable bonds is 4. The standard InChI is InChI=1S/C23H19N5O2/c1-28-21-17(11-16(22(28)30)10-14-2-5-19(29)6-3-14)13-25-23(27-21)26-18-4-7-20-15(12-18)8-9-24-20/h2-9,11-13,24,29H,10H2,1H3,(H,25,26,27). The minimum absolute atomic E-state index is 0.103. The number of H-pyrrole nitrogens is 1. The van der Waals surface area contributed by atoms with Crippen LogP contribution >= 0.6 is 0 Å². The van der Waals surface area contributed by atoms with Gasteiger partial charge in [0.1, 0.15) is 11.4 Å². The van der Waals surface area contributed by atoms with Gasteiger partial charge in [0.15, 0.2) is 0 Å². The maximum Gasteiger partial charge on any atom is 0.255 e. The second-order valence-corrected chi connectivity index (χ2v) is 7.25. The van der Waals surface area contributed by atoms with Crippen molar-refractivity contribution in [3.63, 3.8) is 0 Å². The summed E-state index contributed by atoms with van der Waals surface area (Å²) in [5.74, 6) is 0.632. The van der Waals surface area contributed by atoms with Crippen molar-refractivity contribution in [2.45, 2.75) is 6.42 Å². The summed E-state index contributed by atoms with van der Waals surface area (Å²) in [4.78, 5) is 25.0.